The van der Waals surface area contributed by atoms with E-state index >= 15 is 0 Å². The molecule has 20 heavy (non-hydrogen) atoms. The van der Waals surface area contributed by atoms with Gasteiger partial charge in [0.05, 0.1) is 12.0 Å². The molecule has 0 aliphatic carbocycles. The van der Waals surface area contributed by atoms with Crippen molar-refractivity contribution < 1.29 is 25.2 Å². The third-order valence-electron chi connectivity index (χ3n) is 3.07. The Balaban J connectivity index is 2.24. The summed E-state index contributed by atoms with van der Waals surface area (Å²) in [4.78, 5) is 0. The van der Waals surface area contributed by atoms with Gasteiger partial charge in [-0.15, -0.1) is 0 Å². The Morgan fingerprint density at radius 2 is 2.05 bits per heavy atom. The minimum atomic E-state index is -1.24. The van der Waals surface area contributed by atoms with E-state index in [4.69, 9.17) is 4.74 Å². The summed E-state index contributed by atoms with van der Waals surface area (Å²) in [6.45, 7) is 3.39. The van der Waals surface area contributed by atoms with E-state index in [2.05, 4.69) is 6.58 Å². The molecule has 4 N–H and O–H groups in total. The van der Waals surface area contributed by atoms with E-state index in [1.165, 1.54) is 36.4 Å². The number of aliphatic hydroxyl groups is 3. The highest BCUT2D eigenvalue weighted by Gasteiger charge is 2.34. The molecular weight excluding hydrogens is 260 g/mol. The number of phenolic OH excluding ortho intramolecular Hbond substituents is 1. The molecule has 0 spiro atoms. The first-order chi connectivity index (χ1) is 9.52. The molecule has 106 valence electrons. The Morgan fingerprint density at radius 3 is 2.75 bits per heavy atom. The predicted molar refractivity (Wildman–Crippen MR) is 73.2 cm³/mol. The van der Waals surface area contributed by atoms with Crippen molar-refractivity contribution in [2.45, 2.75) is 12.4 Å². The van der Waals surface area contributed by atoms with Crippen LogP contribution in [0.5, 0.6) is 11.5 Å². The van der Waals surface area contributed by atoms with E-state index < -0.39 is 18.3 Å². The van der Waals surface area contributed by atoms with Gasteiger partial charge in [-0.2, -0.15) is 0 Å². The number of hydrogen-bond donors (Lipinski definition) is 4. The fraction of sp³-hybridized carbons (Fsp3) is 0.200. The third kappa shape index (κ3) is 2.84. The van der Waals surface area contributed by atoms with Gasteiger partial charge >= 0.3 is 0 Å². The van der Waals surface area contributed by atoms with Crippen LogP contribution in [0.1, 0.15) is 11.7 Å². The van der Waals surface area contributed by atoms with Gasteiger partial charge in [0.15, 0.2) is 0 Å². The van der Waals surface area contributed by atoms with E-state index in [1.807, 2.05) is 0 Å². The van der Waals surface area contributed by atoms with Crippen molar-refractivity contribution in [1.29, 1.82) is 0 Å². The van der Waals surface area contributed by atoms with Crippen LogP contribution in [0.15, 0.2) is 54.8 Å². The van der Waals surface area contributed by atoms with Crippen molar-refractivity contribution in [2.75, 3.05) is 0 Å². The number of benzene rings is 1. The van der Waals surface area contributed by atoms with Crippen LogP contribution in [0.4, 0.5) is 0 Å². The van der Waals surface area contributed by atoms with Gasteiger partial charge in [0.1, 0.15) is 17.3 Å². The summed E-state index contributed by atoms with van der Waals surface area (Å²) >= 11 is 0. The van der Waals surface area contributed by atoms with Crippen LogP contribution < -0.4 is 4.74 Å². The molecule has 0 saturated carbocycles. The summed E-state index contributed by atoms with van der Waals surface area (Å²) in [7, 11) is 0. The van der Waals surface area contributed by atoms with Gasteiger partial charge in [-0.05, 0) is 24.3 Å². The molecule has 1 heterocycles. The number of phenols is 1. The topological polar surface area (TPSA) is 90.2 Å². The lowest BCUT2D eigenvalue weighted by Crippen LogP contribution is -2.34. The first-order valence-electron chi connectivity index (χ1n) is 6.08. The average Bonchev–Trinajstić information content (AvgIpc) is 2.41. The molecule has 0 aromatic heterocycles. The zero-order valence-electron chi connectivity index (χ0n) is 10.7. The maximum absolute atomic E-state index is 10.2. The molecule has 1 aliphatic rings. The van der Waals surface area contributed by atoms with Gasteiger partial charge in [0.2, 0.25) is 6.29 Å². The molecular formula is C15H16O5. The molecule has 0 bridgehead atoms. The quantitative estimate of drug-likeness (QED) is 0.500. The van der Waals surface area contributed by atoms with Crippen LogP contribution in [0.2, 0.25) is 0 Å². The predicted octanol–water partition coefficient (Wildman–Crippen LogP) is 1.94. The van der Waals surface area contributed by atoms with Crippen LogP contribution in [-0.4, -0.2) is 26.7 Å². The van der Waals surface area contributed by atoms with E-state index in [0.29, 0.717) is 5.56 Å². The number of allylic oxidation sites excluding steroid dienone is 3. The average molecular weight is 276 g/mol. The Bertz CT molecular complexity index is 561. The van der Waals surface area contributed by atoms with Crippen LogP contribution >= 0.6 is 0 Å². The molecule has 2 unspecified atom stereocenters. The summed E-state index contributed by atoms with van der Waals surface area (Å²) in [5.41, 5.74) is 0.486. The second-order valence-corrected chi connectivity index (χ2v) is 4.43. The summed E-state index contributed by atoms with van der Waals surface area (Å²) in [5, 5.41) is 38.7. The first-order valence-corrected chi connectivity index (χ1v) is 6.08. The second-order valence-electron chi connectivity index (χ2n) is 4.43. The van der Waals surface area contributed by atoms with Gasteiger partial charge < -0.3 is 25.2 Å². The van der Waals surface area contributed by atoms with E-state index in [-0.39, 0.29) is 17.3 Å². The Kier molecular flexibility index (Phi) is 4.12. The summed E-state index contributed by atoms with van der Waals surface area (Å²) in [6, 6.07) is 4.32. The van der Waals surface area contributed by atoms with E-state index in [0.717, 1.165) is 0 Å². The van der Waals surface area contributed by atoms with Gasteiger partial charge in [0, 0.05) is 11.6 Å². The zero-order chi connectivity index (χ0) is 14.7. The van der Waals surface area contributed by atoms with Gasteiger partial charge in [-0.1, -0.05) is 18.7 Å². The largest absolute Gasteiger partial charge is 0.508 e. The molecule has 1 aromatic rings. The van der Waals surface area contributed by atoms with Crippen molar-refractivity contribution in [2.24, 2.45) is 5.92 Å². The van der Waals surface area contributed by atoms with Crippen LogP contribution in [0.25, 0.3) is 0 Å². The molecule has 5 heteroatoms. The lowest BCUT2D eigenvalue weighted by molar-refractivity contribution is -0.101. The summed E-state index contributed by atoms with van der Waals surface area (Å²) in [5.74, 6) is -0.455. The zero-order valence-corrected chi connectivity index (χ0v) is 10.7. The minimum Gasteiger partial charge on any atom is -0.508 e. The van der Waals surface area contributed by atoms with Crippen molar-refractivity contribution in [3.05, 3.63) is 60.4 Å². The van der Waals surface area contributed by atoms with Gasteiger partial charge in [-0.3, -0.25) is 0 Å². The number of rotatable bonds is 3. The Labute approximate surface area is 116 Å². The maximum atomic E-state index is 10.2. The normalized spacial score (nSPS) is 26.1. The van der Waals surface area contributed by atoms with Gasteiger partial charge in [0.25, 0.3) is 0 Å². The highest BCUT2D eigenvalue weighted by Crippen LogP contribution is 2.40. The minimum absolute atomic E-state index is 0.00372. The fourth-order valence-corrected chi connectivity index (χ4v) is 1.99. The summed E-state index contributed by atoms with van der Waals surface area (Å²) < 4.78 is 5.26. The number of fused-ring (bicyclic) bond motifs is 1. The molecule has 3 atom stereocenters. The molecule has 2 rings (SSSR count). The Hall–Kier alpha value is -2.24. The first kappa shape index (κ1) is 14.2. The smallest absolute Gasteiger partial charge is 0.206 e. The third-order valence-corrected chi connectivity index (χ3v) is 3.07. The van der Waals surface area contributed by atoms with Crippen LogP contribution in [0.3, 0.4) is 0 Å². The molecule has 5 nitrogen and oxygen atoms in total. The lowest BCUT2D eigenvalue weighted by atomic mass is 9.91. The standard InChI is InChI=1S/C15H16O5/c1-2-9(16)4-3-5-12-14(18)11-7-6-10(17)8-13(11)20-15(12)19/h2-8,12,14-19H,1H2/t12?,14-,15?/m0/s1. The lowest BCUT2D eigenvalue weighted by Gasteiger charge is -2.32. The molecule has 1 aromatic carbocycles. The Morgan fingerprint density at radius 1 is 1.30 bits per heavy atom. The molecule has 0 fully saturated rings. The molecule has 0 saturated heterocycles. The molecule has 1 aliphatic heterocycles. The van der Waals surface area contributed by atoms with Crippen molar-refractivity contribution in [3.63, 3.8) is 0 Å². The fourth-order valence-electron chi connectivity index (χ4n) is 1.99. The molecule has 0 amide bonds. The highest BCUT2D eigenvalue weighted by molar-refractivity contribution is 5.43. The number of aromatic hydroxyl groups is 1. The van der Waals surface area contributed by atoms with Crippen LogP contribution in [0, 0.1) is 5.92 Å². The highest BCUT2D eigenvalue weighted by atomic mass is 16.6. The number of ether oxygens (including phenoxy) is 1. The number of hydrogen-bond acceptors (Lipinski definition) is 5. The maximum Gasteiger partial charge on any atom is 0.206 e. The van der Waals surface area contributed by atoms with Crippen LogP contribution in [-0.2, 0) is 0 Å². The van der Waals surface area contributed by atoms with E-state index in [1.54, 1.807) is 6.07 Å². The van der Waals surface area contributed by atoms with Crippen molar-refractivity contribution in [1.82, 2.24) is 0 Å². The van der Waals surface area contributed by atoms with E-state index in [9.17, 15) is 20.4 Å². The number of aliphatic hydroxyl groups excluding tert-OH is 3. The second kappa shape index (κ2) is 5.81. The SMILES string of the molecule is C=CC(O)=CC=CC1C(O)Oc2cc(O)ccc2[C@@H]1O. The summed E-state index contributed by atoms with van der Waals surface area (Å²) in [6.07, 6.45) is 3.48. The monoisotopic (exact) mass is 276 g/mol. The molecule has 0 radical (unpaired) electrons. The van der Waals surface area contributed by atoms with Crippen molar-refractivity contribution >= 4 is 0 Å². The van der Waals surface area contributed by atoms with Crippen molar-refractivity contribution in [3.8, 4) is 11.5 Å². The van der Waals surface area contributed by atoms with Gasteiger partial charge in [-0.25, -0.2) is 0 Å².